The molecule has 1 unspecified atom stereocenters. The zero-order chi connectivity index (χ0) is 16.0. The highest BCUT2D eigenvalue weighted by molar-refractivity contribution is 5.25. The standard InChI is InChI=1S/C17H25F2NO2/c1-22-8-3-2-6-17(21,13-5-4-7-20-12-13)14-9-15(18)11-16(19)10-14/h9-11,13,20-21H,2-8,12H2,1H3/t13?,17-/m0/s1. The quantitative estimate of drug-likeness (QED) is 0.761. The summed E-state index contributed by atoms with van der Waals surface area (Å²) in [5.74, 6) is -1.33. The first-order valence-corrected chi connectivity index (χ1v) is 7.95. The summed E-state index contributed by atoms with van der Waals surface area (Å²) in [6.45, 7) is 2.21. The van der Waals surface area contributed by atoms with Crippen molar-refractivity contribution in [3.63, 3.8) is 0 Å². The fraction of sp³-hybridized carbons (Fsp3) is 0.647. The van der Waals surface area contributed by atoms with Crippen LogP contribution in [0, 0.1) is 17.6 Å². The molecule has 22 heavy (non-hydrogen) atoms. The summed E-state index contributed by atoms with van der Waals surface area (Å²) in [6, 6.07) is 3.36. The van der Waals surface area contributed by atoms with Crippen LogP contribution in [0.15, 0.2) is 18.2 Å². The molecule has 3 nitrogen and oxygen atoms in total. The molecule has 124 valence electrons. The minimum absolute atomic E-state index is 0.0370. The minimum atomic E-state index is -1.20. The van der Waals surface area contributed by atoms with E-state index >= 15 is 0 Å². The highest BCUT2D eigenvalue weighted by Gasteiger charge is 2.39. The van der Waals surface area contributed by atoms with Crippen LogP contribution in [-0.4, -0.2) is 31.9 Å². The average molecular weight is 313 g/mol. The molecule has 0 bridgehead atoms. The van der Waals surface area contributed by atoms with Gasteiger partial charge in [-0.2, -0.15) is 0 Å². The maximum Gasteiger partial charge on any atom is 0.126 e. The summed E-state index contributed by atoms with van der Waals surface area (Å²) in [5, 5.41) is 14.5. The first-order valence-electron chi connectivity index (χ1n) is 7.95. The Kier molecular flexibility index (Phi) is 6.29. The number of hydrogen-bond acceptors (Lipinski definition) is 3. The van der Waals surface area contributed by atoms with E-state index in [-0.39, 0.29) is 5.92 Å². The third-order valence-corrected chi connectivity index (χ3v) is 4.49. The van der Waals surface area contributed by atoms with Crippen LogP contribution < -0.4 is 5.32 Å². The molecule has 1 saturated heterocycles. The fourth-order valence-electron chi connectivity index (χ4n) is 3.29. The Morgan fingerprint density at radius 2 is 2.00 bits per heavy atom. The molecule has 2 atom stereocenters. The van der Waals surface area contributed by atoms with Gasteiger partial charge in [0.1, 0.15) is 11.6 Å². The molecule has 0 aromatic heterocycles. The predicted octanol–water partition coefficient (Wildman–Crippen LogP) is 2.97. The monoisotopic (exact) mass is 313 g/mol. The number of ether oxygens (including phenoxy) is 1. The summed E-state index contributed by atoms with van der Waals surface area (Å²) in [4.78, 5) is 0. The van der Waals surface area contributed by atoms with Crippen molar-refractivity contribution < 1.29 is 18.6 Å². The molecule has 1 heterocycles. The van der Waals surface area contributed by atoms with Crippen LogP contribution in [0.1, 0.15) is 37.7 Å². The maximum absolute atomic E-state index is 13.6. The van der Waals surface area contributed by atoms with Crippen LogP contribution in [0.4, 0.5) is 8.78 Å². The Morgan fingerprint density at radius 3 is 2.59 bits per heavy atom. The number of methoxy groups -OCH3 is 1. The summed E-state index contributed by atoms with van der Waals surface area (Å²) in [5.41, 5.74) is -0.861. The van der Waals surface area contributed by atoms with Crippen molar-refractivity contribution in [3.8, 4) is 0 Å². The molecule has 2 rings (SSSR count). The number of aliphatic hydroxyl groups is 1. The van der Waals surface area contributed by atoms with Gasteiger partial charge in [0.25, 0.3) is 0 Å². The number of nitrogens with one attached hydrogen (secondary N) is 1. The van der Waals surface area contributed by atoms with Gasteiger partial charge in [-0.15, -0.1) is 0 Å². The van der Waals surface area contributed by atoms with E-state index in [1.807, 2.05) is 0 Å². The lowest BCUT2D eigenvalue weighted by Crippen LogP contribution is -2.44. The van der Waals surface area contributed by atoms with Gasteiger partial charge >= 0.3 is 0 Å². The number of hydrogen-bond donors (Lipinski definition) is 2. The van der Waals surface area contributed by atoms with Crippen LogP contribution in [0.3, 0.4) is 0 Å². The number of halogens is 2. The van der Waals surface area contributed by atoms with Gasteiger partial charge in [0.2, 0.25) is 0 Å². The van der Waals surface area contributed by atoms with E-state index in [2.05, 4.69) is 5.32 Å². The molecule has 1 aromatic rings. The molecule has 1 aliphatic rings. The highest BCUT2D eigenvalue weighted by Crippen LogP contribution is 2.38. The molecule has 0 radical (unpaired) electrons. The van der Waals surface area contributed by atoms with Gasteiger partial charge < -0.3 is 15.2 Å². The maximum atomic E-state index is 13.6. The molecule has 0 amide bonds. The van der Waals surface area contributed by atoms with Gasteiger partial charge in [0.15, 0.2) is 0 Å². The Hall–Kier alpha value is -1.04. The van der Waals surface area contributed by atoms with E-state index in [0.29, 0.717) is 25.1 Å². The topological polar surface area (TPSA) is 41.5 Å². The molecule has 0 aliphatic carbocycles. The molecule has 1 aromatic carbocycles. The van der Waals surface area contributed by atoms with Gasteiger partial charge in [0.05, 0.1) is 5.60 Å². The number of piperidine rings is 1. The summed E-state index contributed by atoms with van der Waals surface area (Å²) in [7, 11) is 1.64. The van der Waals surface area contributed by atoms with Crippen LogP contribution in [0.25, 0.3) is 0 Å². The Labute approximate surface area is 130 Å². The Balaban J connectivity index is 2.22. The second-order valence-corrected chi connectivity index (χ2v) is 6.08. The molecular weight excluding hydrogens is 288 g/mol. The predicted molar refractivity (Wildman–Crippen MR) is 81.6 cm³/mol. The van der Waals surface area contributed by atoms with E-state index < -0.39 is 17.2 Å². The fourth-order valence-corrected chi connectivity index (χ4v) is 3.29. The molecule has 5 heteroatoms. The first kappa shape index (κ1) is 17.3. The van der Waals surface area contributed by atoms with E-state index in [1.165, 1.54) is 12.1 Å². The lowest BCUT2D eigenvalue weighted by atomic mass is 9.74. The van der Waals surface area contributed by atoms with E-state index in [0.717, 1.165) is 38.3 Å². The molecular formula is C17H25F2NO2. The van der Waals surface area contributed by atoms with Gasteiger partial charge in [0, 0.05) is 32.2 Å². The smallest absolute Gasteiger partial charge is 0.126 e. The van der Waals surface area contributed by atoms with Gasteiger partial charge in [-0.05, 0) is 56.3 Å². The second-order valence-electron chi connectivity index (χ2n) is 6.08. The summed E-state index contributed by atoms with van der Waals surface area (Å²) < 4.78 is 32.2. The minimum Gasteiger partial charge on any atom is -0.385 e. The van der Waals surface area contributed by atoms with Crippen molar-refractivity contribution in [2.24, 2.45) is 5.92 Å². The van der Waals surface area contributed by atoms with Gasteiger partial charge in [-0.1, -0.05) is 0 Å². The first-order chi connectivity index (χ1) is 10.6. The van der Waals surface area contributed by atoms with Crippen molar-refractivity contribution in [1.29, 1.82) is 0 Å². The van der Waals surface area contributed by atoms with Crippen molar-refractivity contribution in [1.82, 2.24) is 5.32 Å². The third-order valence-electron chi connectivity index (χ3n) is 4.49. The zero-order valence-corrected chi connectivity index (χ0v) is 13.1. The lowest BCUT2D eigenvalue weighted by Gasteiger charge is -2.39. The summed E-state index contributed by atoms with van der Waals surface area (Å²) >= 11 is 0. The largest absolute Gasteiger partial charge is 0.385 e. The molecule has 1 fully saturated rings. The van der Waals surface area contributed by atoms with Gasteiger partial charge in [-0.25, -0.2) is 8.78 Å². The Bertz CT molecular complexity index is 457. The molecule has 0 spiro atoms. The molecule has 1 aliphatic heterocycles. The second kappa shape index (κ2) is 7.99. The number of rotatable bonds is 7. The van der Waals surface area contributed by atoms with Crippen LogP contribution in [0.2, 0.25) is 0 Å². The molecule has 0 saturated carbocycles. The Morgan fingerprint density at radius 1 is 1.27 bits per heavy atom. The third kappa shape index (κ3) is 4.24. The van der Waals surface area contributed by atoms with Crippen molar-refractivity contribution in [2.45, 2.75) is 37.7 Å². The van der Waals surface area contributed by atoms with Gasteiger partial charge in [-0.3, -0.25) is 0 Å². The molecule has 2 N–H and O–H groups in total. The SMILES string of the molecule is COCCCC[C@@](O)(c1cc(F)cc(F)c1)C1CCCNC1. The van der Waals surface area contributed by atoms with Crippen LogP contribution in [0.5, 0.6) is 0 Å². The van der Waals surface area contributed by atoms with Crippen LogP contribution >= 0.6 is 0 Å². The number of unbranched alkanes of at least 4 members (excludes halogenated alkanes) is 1. The lowest BCUT2D eigenvalue weighted by molar-refractivity contribution is -0.0438. The van der Waals surface area contributed by atoms with Crippen molar-refractivity contribution in [2.75, 3.05) is 26.8 Å². The summed E-state index contributed by atoms with van der Waals surface area (Å²) in [6.07, 6.45) is 3.86. The normalized spacial score (nSPS) is 21.5. The average Bonchev–Trinajstić information content (AvgIpc) is 2.51. The number of benzene rings is 1. The van der Waals surface area contributed by atoms with E-state index in [4.69, 9.17) is 4.74 Å². The highest BCUT2D eigenvalue weighted by atomic mass is 19.1. The van der Waals surface area contributed by atoms with Crippen LogP contribution in [-0.2, 0) is 10.3 Å². The van der Waals surface area contributed by atoms with Crippen molar-refractivity contribution >= 4 is 0 Å². The van der Waals surface area contributed by atoms with E-state index in [9.17, 15) is 13.9 Å². The van der Waals surface area contributed by atoms with E-state index in [1.54, 1.807) is 7.11 Å². The zero-order valence-electron chi connectivity index (χ0n) is 13.1. The van der Waals surface area contributed by atoms with Crippen molar-refractivity contribution in [3.05, 3.63) is 35.4 Å².